The second-order valence-corrected chi connectivity index (χ2v) is 4.01. The molecule has 1 aliphatic heterocycles. The van der Waals surface area contributed by atoms with Gasteiger partial charge in [-0.3, -0.25) is 9.69 Å². The number of carbonyl (C=O) groups is 1. The Balaban J connectivity index is 2.22. The Labute approximate surface area is 92.0 Å². The molecule has 7 heteroatoms. The summed E-state index contributed by atoms with van der Waals surface area (Å²) in [6, 6.07) is 0. The van der Waals surface area contributed by atoms with Crippen molar-refractivity contribution in [3.8, 4) is 0 Å². The minimum absolute atomic E-state index is 0.0843. The largest absolute Gasteiger partial charge is 0.401 e. The lowest BCUT2D eigenvalue weighted by Gasteiger charge is -2.17. The topological polar surface area (TPSA) is 58.4 Å². The summed E-state index contributed by atoms with van der Waals surface area (Å²) >= 11 is 0. The molecule has 94 valence electrons. The van der Waals surface area contributed by atoms with Crippen molar-refractivity contribution in [3.63, 3.8) is 0 Å². The van der Waals surface area contributed by atoms with Crippen LogP contribution in [0.4, 0.5) is 13.2 Å². The van der Waals surface area contributed by atoms with Crippen LogP contribution >= 0.6 is 0 Å². The summed E-state index contributed by atoms with van der Waals surface area (Å²) in [5, 5.41) is 2.59. The molecule has 1 heterocycles. The van der Waals surface area contributed by atoms with Crippen LogP contribution in [0.2, 0.25) is 0 Å². The van der Waals surface area contributed by atoms with E-state index in [1.165, 1.54) is 4.90 Å². The highest BCUT2D eigenvalue weighted by molar-refractivity contribution is 5.77. The number of amides is 1. The summed E-state index contributed by atoms with van der Waals surface area (Å²) in [4.78, 5) is 12.2. The van der Waals surface area contributed by atoms with Crippen LogP contribution in [0.3, 0.4) is 0 Å². The molecule has 0 aromatic heterocycles. The highest BCUT2D eigenvalue weighted by Gasteiger charge is 2.34. The Morgan fingerprint density at radius 1 is 1.50 bits per heavy atom. The number of alkyl halides is 3. The molecule has 1 amide bonds. The lowest BCUT2D eigenvalue weighted by atomic mass is 10.1. The maximum absolute atomic E-state index is 12.1. The quantitative estimate of drug-likeness (QED) is 0.723. The fourth-order valence-corrected chi connectivity index (χ4v) is 1.81. The van der Waals surface area contributed by atoms with Gasteiger partial charge in [-0.1, -0.05) is 0 Å². The van der Waals surface area contributed by atoms with Crippen LogP contribution in [0.15, 0.2) is 0 Å². The van der Waals surface area contributed by atoms with Crippen molar-refractivity contribution in [1.82, 2.24) is 10.2 Å². The average molecular weight is 239 g/mol. The van der Waals surface area contributed by atoms with E-state index >= 15 is 0 Å². The second kappa shape index (κ2) is 5.49. The normalized spacial score (nSPS) is 22.4. The van der Waals surface area contributed by atoms with Crippen molar-refractivity contribution < 1.29 is 18.0 Å². The molecule has 0 radical (unpaired) electrons. The summed E-state index contributed by atoms with van der Waals surface area (Å²) in [5.74, 6) is -0.174. The van der Waals surface area contributed by atoms with Crippen LogP contribution in [0.5, 0.6) is 0 Å². The molecular weight excluding hydrogens is 223 g/mol. The number of nitrogens with one attached hydrogen (secondary N) is 1. The first kappa shape index (κ1) is 13.2. The van der Waals surface area contributed by atoms with Crippen LogP contribution in [0.25, 0.3) is 0 Å². The summed E-state index contributed by atoms with van der Waals surface area (Å²) in [5.41, 5.74) is 5.10. The van der Waals surface area contributed by atoms with E-state index < -0.39 is 12.7 Å². The van der Waals surface area contributed by atoms with E-state index in [2.05, 4.69) is 5.32 Å². The zero-order valence-corrected chi connectivity index (χ0v) is 8.89. The van der Waals surface area contributed by atoms with Gasteiger partial charge in [-0.25, -0.2) is 0 Å². The molecule has 0 aromatic carbocycles. The lowest BCUT2D eigenvalue weighted by Crippen LogP contribution is -2.36. The lowest BCUT2D eigenvalue weighted by molar-refractivity contribution is -0.143. The van der Waals surface area contributed by atoms with E-state index in [0.29, 0.717) is 26.1 Å². The molecule has 1 unspecified atom stereocenters. The number of rotatable bonds is 4. The molecule has 16 heavy (non-hydrogen) atoms. The first-order chi connectivity index (χ1) is 7.40. The zero-order chi connectivity index (χ0) is 12.2. The Kier molecular flexibility index (Phi) is 4.55. The van der Waals surface area contributed by atoms with Crippen LogP contribution in [-0.4, -0.2) is 49.7 Å². The number of halogens is 3. The van der Waals surface area contributed by atoms with Crippen molar-refractivity contribution >= 4 is 5.91 Å². The van der Waals surface area contributed by atoms with Gasteiger partial charge in [-0.05, 0) is 18.9 Å². The number of carbonyl (C=O) groups excluding carboxylic acids is 1. The molecule has 0 aliphatic carbocycles. The van der Waals surface area contributed by atoms with Crippen LogP contribution in [0, 0.1) is 5.92 Å². The zero-order valence-electron chi connectivity index (χ0n) is 8.89. The molecule has 1 saturated heterocycles. The van der Waals surface area contributed by atoms with Gasteiger partial charge in [0.05, 0.1) is 13.1 Å². The maximum atomic E-state index is 12.1. The van der Waals surface area contributed by atoms with Crippen molar-refractivity contribution in [2.45, 2.75) is 12.6 Å². The highest BCUT2D eigenvalue weighted by Crippen LogP contribution is 2.22. The molecule has 4 nitrogen and oxygen atoms in total. The molecule has 0 spiro atoms. The maximum Gasteiger partial charge on any atom is 0.401 e. The van der Waals surface area contributed by atoms with Crippen molar-refractivity contribution in [1.29, 1.82) is 0 Å². The third-order valence-corrected chi connectivity index (χ3v) is 2.55. The van der Waals surface area contributed by atoms with E-state index in [-0.39, 0.29) is 18.4 Å². The van der Waals surface area contributed by atoms with Crippen LogP contribution < -0.4 is 11.1 Å². The molecule has 0 saturated carbocycles. The Bertz CT molecular complexity index is 245. The Morgan fingerprint density at radius 2 is 2.19 bits per heavy atom. The van der Waals surface area contributed by atoms with E-state index in [1.54, 1.807) is 0 Å². The molecule has 1 atom stereocenters. The monoisotopic (exact) mass is 239 g/mol. The molecule has 1 rings (SSSR count). The predicted molar refractivity (Wildman–Crippen MR) is 52.7 cm³/mol. The van der Waals surface area contributed by atoms with Crippen LogP contribution in [0.1, 0.15) is 6.42 Å². The first-order valence-corrected chi connectivity index (χ1v) is 5.16. The van der Waals surface area contributed by atoms with Crippen molar-refractivity contribution in [2.75, 3.05) is 32.7 Å². The van der Waals surface area contributed by atoms with E-state index in [4.69, 9.17) is 5.73 Å². The number of likely N-dealkylation sites (tertiary alicyclic amines) is 1. The van der Waals surface area contributed by atoms with Crippen molar-refractivity contribution in [3.05, 3.63) is 0 Å². The summed E-state index contributed by atoms with van der Waals surface area (Å²) < 4.78 is 36.2. The predicted octanol–water partition coefficient (Wildman–Crippen LogP) is -0.0545. The minimum atomic E-state index is -4.14. The highest BCUT2D eigenvalue weighted by atomic mass is 19.4. The number of nitrogens with two attached hydrogens (primary N) is 1. The van der Waals surface area contributed by atoms with Gasteiger partial charge >= 0.3 is 6.18 Å². The van der Waals surface area contributed by atoms with Gasteiger partial charge in [0.15, 0.2) is 0 Å². The minimum Gasteiger partial charge on any atom is -0.355 e. The molecule has 1 aliphatic rings. The van der Waals surface area contributed by atoms with Gasteiger partial charge < -0.3 is 11.1 Å². The smallest absolute Gasteiger partial charge is 0.355 e. The van der Waals surface area contributed by atoms with Gasteiger partial charge in [0.1, 0.15) is 0 Å². The SMILES string of the molecule is NCC(=O)NCC1CCN(CC(F)(F)F)C1. The van der Waals surface area contributed by atoms with Crippen LogP contribution in [-0.2, 0) is 4.79 Å². The number of hydrogen-bond acceptors (Lipinski definition) is 3. The Hall–Kier alpha value is -0.820. The molecule has 0 aromatic rings. The third-order valence-electron chi connectivity index (χ3n) is 2.55. The summed E-state index contributed by atoms with van der Waals surface area (Å²) in [6.45, 7) is 0.269. The second-order valence-electron chi connectivity index (χ2n) is 4.01. The van der Waals surface area contributed by atoms with E-state index in [0.717, 1.165) is 0 Å². The fraction of sp³-hybridized carbons (Fsp3) is 0.889. The third kappa shape index (κ3) is 4.80. The molecule has 3 N–H and O–H groups in total. The van der Waals surface area contributed by atoms with E-state index in [1.807, 2.05) is 0 Å². The Morgan fingerprint density at radius 3 is 2.75 bits per heavy atom. The first-order valence-electron chi connectivity index (χ1n) is 5.16. The van der Waals surface area contributed by atoms with Gasteiger partial charge in [0.25, 0.3) is 0 Å². The fourth-order valence-electron chi connectivity index (χ4n) is 1.81. The number of nitrogens with zero attached hydrogens (tertiary/aromatic N) is 1. The molecular formula is C9H16F3N3O. The molecule has 1 fully saturated rings. The number of hydrogen-bond donors (Lipinski definition) is 2. The van der Waals surface area contributed by atoms with Crippen molar-refractivity contribution in [2.24, 2.45) is 11.7 Å². The standard InChI is InChI=1S/C9H16F3N3O/c10-9(11,12)6-15-2-1-7(5-15)4-14-8(16)3-13/h7H,1-6,13H2,(H,14,16). The van der Waals surface area contributed by atoms with Gasteiger partial charge in [0.2, 0.25) is 5.91 Å². The van der Waals surface area contributed by atoms with E-state index in [9.17, 15) is 18.0 Å². The summed E-state index contributed by atoms with van der Waals surface area (Å²) in [7, 11) is 0. The molecule has 0 bridgehead atoms. The summed E-state index contributed by atoms with van der Waals surface area (Å²) in [6.07, 6.45) is -3.46. The van der Waals surface area contributed by atoms with Gasteiger partial charge in [0, 0.05) is 13.1 Å². The van der Waals surface area contributed by atoms with Gasteiger partial charge in [-0.15, -0.1) is 0 Å². The van der Waals surface area contributed by atoms with Gasteiger partial charge in [-0.2, -0.15) is 13.2 Å². The average Bonchev–Trinajstić information content (AvgIpc) is 2.59.